The van der Waals surface area contributed by atoms with E-state index in [0.29, 0.717) is 12.8 Å². The van der Waals surface area contributed by atoms with Crippen molar-refractivity contribution in [3.8, 4) is 0 Å². The van der Waals surface area contributed by atoms with Gasteiger partial charge in [-0.2, -0.15) is 4.31 Å². The van der Waals surface area contributed by atoms with Crippen molar-refractivity contribution in [2.45, 2.75) is 57.9 Å². The quantitative estimate of drug-likeness (QED) is 0.575. The van der Waals surface area contributed by atoms with Crippen LogP contribution >= 0.6 is 0 Å². The third-order valence-electron chi connectivity index (χ3n) is 6.51. The Kier molecular flexibility index (Phi) is 8.49. The van der Waals surface area contributed by atoms with Crippen molar-refractivity contribution in [2.75, 3.05) is 19.7 Å². The first-order chi connectivity index (χ1) is 16.1. The fourth-order valence-corrected chi connectivity index (χ4v) is 5.57. The number of aryl methyl sites for hydroxylation is 3. The number of sulfonamides is 1. The van der Waals surface area contributed by atoms with Gasteiger partial charge in [-0.15, -0.1) is 0 Å². The minimum atomic E-state index is -3.60. The van der Waals surface area contributed by atoms with Crippen molar-refractivity contribution < 1.29 is 22.7 Å². The molecule has 2 aromatic carbocycles. The van der Waals surface area contributed by atoms with Crippen LogP contribution in [-0.4, -0.2) is 44.3 Å². The summed E-state index contributed by atoms with van der Waals surface area (Å²) in [6.07, 6.45) is 1.68. The largest absolute Gasteiger partial charge is 0.455 e. The first-order valence-corrected chi connectivity index (χ1v) is 13.2. The topological polar surface area (TPSA) is 92.8 Å². The highest BCUT2D eigenvalue weighted by Gasteiger charge is 2.33. The third-order valence-corrected chi connectivity index (χ3v) is 8.41. The molecule has 1 atom stereocenters. The molecule has 184 valence electrons. The number of hydrogen-bond acceptors (Lipinski definition) is 5. The molecule has 1 aliphatic rings. The highest BCUT2D eigenvalue weighted by molar-refractivity contribution is 7.89. The molecule has 0 spiro atoms. The maximum absolute atomic E-state index is 13.0. The highest BCUT2D eigenvalue weighted by Crippen LogP contribution is 2.26. The molecule has 34 heavy (non-hydrogen) atoms. The number of piperidine rings is 1. The standard InChI is InChI=1S/C26H34N2O5S/c1-5-21-7-9-22(10-8-21)20(4)27-25(29)17-33-26(30)23-12-14-28(15-13-23)34(31,32)24-11-6-18(2)19(3)16-24/h6-11,16,20,23H,5,12-15,17H2,1-4H3,(H,27,29). The summed E-state index contributed by atoms with van der Waals surface area (Å²) < 4.78 is 32.6. The summed E-state index contributed by atoms with van der Waals surface area (Å²) in [5.41, 5.74) is 4.16. The lowest BCUT2D eigenvalue weighted by Gasteiger charge is -2.30. The first kappa shape index (κ1) is 25.9. The molecule has 1 aliphatic heterocycles. The average molecular weight is 487 g/mol. The van der Waals surface area contributed by atoms with Gasteiger partial charge in [0.05, 0.1) is 16.9 Å². The van der Waals surface area contributed by atoms with Crippen LogP contribution < -0.4 is 5.32 Å². The molecule has 7 nitrogen and oxygen atoms in total. The zero-order valence-electron chi connectivity index (χ0n) is 20.3. The van der Waals surface area contributed by atoms with Crippen LogP contribution in [0, 0.1) is 19.8 Å². The number of esters is 1. The Bertz CT molecular complexity index is 1120. The molecule has 1 heterocycles. The molecule has 0 aromatic heterocycles. The lowest BCUT2D eigenvalue weighted by Crippen LogP contribution is -2.41. The van der Waals surface area contributed by atoms with Gasteiger partial charge in [-0.05, 0) is 74.4 Å². The van der Waals surface area contributed by atoms with Crippen molar-refractivity contribution in [1.29, 1.82) is 0 Å². The second-order valence-electron chi connectivity index (χ2n) is 8.92. The van der Waals surface area contributed by atoms with E-state index in [-0.39, 0.29) is 36.5 Å². The first-order valence-electron chi connectivity index (χ1n) is 11.7. The van der Waals surface area contributed by atoms with E-state index in [1.54, 1.807) is 18.2 Å². The van der Waals surface area contributed by atoms with E-state index in [4.69, 9.17) is 4.74 Å². The number of nitrogens with zero attached hydrogens (tertiary/aromatic N) is 1. The third kappa shape index (κ3) is 6.24. The van der Waals surface area contributed by atoms with E-state index < -0.39 is 21.9 Å². The Balaban J connectivity index is 1.46. The van der Waals surface area contributed by atoms with Gasteiger partial charge in [0.2, 0.25) is 10.0 Å². The van der Waals surface area contributed by atoms with Gasteiger partial charge in [0.1, 0.15) is 0 Å². The Morgan fingerprint density at radius 2 is 1.71 bits per heavy atom. The highest BCUT2D eigenvalue weighted by atomic mass is 32.2. The van der Waals surface area contributed by atoms with Gasteiger partial charge < -0.3 is 10.1 Å². The average Bonchev–Trinajstić information content (AvgIpc) is 2.84. The van der Waals surface area contributed by atoms with Crippen LogP contribution in [0.25, 0.3) is 0 Å². The van der Waals surface area contributed by atoms with Crippen molar-refractivity contribution in [3.05, 3.63) is 64.7 Å². The second kappa shape index (κ2) is 11.1. The maximum Gasteiger partial charge on any atom is 0.309 e. The molecule has 0 radical (unpaired) electrons. The molecule has 1 unspecified atom stereocenters. The van der Waals surface area contributed by atoms with Gasteiger partial charge >= 0.3 is 5.97 Å². The van der Waals surface area contributed by atoms with Crippen molar-refractivity contribution in [2.24, 2.45) is 5.92 Å². The molecule has 3 rings (SSSR count). The smallest absolute Gasteiger partial charge is 0.309 e. The number of rotatable bonds is 8. The molecule has 2 aromatic rings. The summed E-state index contributed by atoms with van der Waals surface area (Å²) in [6.45, 7) is 7.92. The lowest BCUT2D eigenvalue weighted by atomic mass is 9.98. The molecule has 1 N–H and O–H groups in total. The number of carbonyl (C=O) groups excluding carboxylic acids is 2. The Hall–Kier alpha value is -2.71. The Morgan fingerprint density at radius 3 is 2.29 bits per heavy atom. The van der Waals surface area contributed by atoms with E-state index in [1.165, 1.54) is 9.87 Å². The molecule has 0 bridgehead atoms. The SMILES string of the molecule is CCc1ccc(C(C)NC(=O)COC(=O)C2CCN(S(=O)(=O)c3ccc(C)c(C)c3)CC2)cc1. The zero-order chi connectivity index (χ0) is 24.9. The number of nitrogens with one attached hydrogen (secondary N) is 1. The van der Waals surface area contributed by atoms with E-state index in [9.17, 15) is 18.0 Å². The summed E-state index contributed by atoms with van der Waals surface area (Å²) in [6, 6.07) is 12.9. The van der Waals surface area contributed by atoms with Crippen molar-refractivity contribution >= 4 is 21.9 Å². The van der Waals surface area contributed by atoms with Crippen LogP contribution in [0.5, 0.6) is 0 Å². The molecule has 1 fully saturated rings. The maximum atomic E-state index is 13.0. The van der Waals surface area contributed by atoms with Crippen LogP contribution in [0.3, 0.4) is 0 Å². The summed E-state index contributed by atoms with van der Waals surface area (Å²) in [5, 5.41) is 2.84. The van der Waals surface area contributed by atoms with Gasteiger partial charge in [0.15, 0.2) is 6.61 Å². The normalized spacial score (nSPS) is 16.1. The number of amides is 1. The number of carbonyl (C=O) groups is 2. The summed E-state index contributed by atoms with van der Waals surface area (Å²) in [5.74, 6) is -1.24. The van der Waals surface area contributed by atoms with Crippen molar-refractivity contribution in [1.82, 2.24) is 9.62 Å². The number of ether oxygens (including phenoxy) is 1. The van der Waals surface area contributed by atoms with E-state index in [2.05, 4.69) is 12.2 Å². The molecular weight excluding hydrogens is 452 g/mol. The predicted octanol–water partition coefficient (Wildman–Crippen LogP) is 3.69. The van der Waals surface area contributed by atoms with E-state index in [1.807, 2.05) is 45.0 Å². The Morgan fingerprint density at radius 1 is 1.06 bits per heavy atom. The minimum absolute atomic E-state index is 0.198. The fourth-order valence-electron chi connectivity index (χ4n) is 4.02. The van der Waals surface area contributed by atoms with Crippen LogP contribution in [0.1, 0.15) is 55.0 Å². The van der Waals surface area contributed by atoms with Crippen LogP contribution in [0.2, 0.25) is 0 Å². The van der Waals surface area contributed by atoms with Gasteiger partial charge in [0, 0.05) is 13.1 Å². The monoisotopic (exact) mass is 486 g/mol. The summed E-state index contributed by atoms with van der Waals surface area (Å²) in [7, 11) is -3.60. The number of hydrogen-bond donors (Lipinski definition) is 1. The molecule has 0 aliphatic carbocycles. The van der Waals surface area contributed by atoms with Gasteiger partial charge in [0.25, 0.3) is 5.91 Å². The number of benzene rings is 2. The molecule has 0 saturated carbocycles. The van der Waals surface area contributed by atoms with E-state index >= 15 is 0 Å². The minimum Gasteiger partial charge on any atom is -0.455 e. The summed E-state index contributed by atoms with van der Waals surface area (Å²) in [4.78, 5) is 25.0. The zero-order valence-corrected chi connectivity index (χ0v) is 21.2. The van der Waals surface area contributed by atoms with Crippen LogP contribution in [-0.2, 0) is 30.8 Å². The summed E-state index contributed by atoms with van der Waals surface area (Å²) >= 11 is 0. The van der Waals surface area contributed by atoms with Crippen molar-refractivity contribution in [3.63, 3.8) is 0 Å². The van der Waals surface area contributed by atoms with Gasteiger partial charge in [-0.1, -0.05) is 37.3 Å². The Labute approximate surface area is 202 Å². The van der Waals surface area contributed by atoms with Gasteiger partial charge in [-0.3, -0.25) is 9.59 Å². The lowest BCUT2D eigenvalue weighted by molar-refractivity contribution is -0.153. The predicted molar refractivity (Wildman–Crippen MR) is 131 cm³/mol. The fraction of sp³-hybridized carbons (Fsp3) is 0.462. The molecule has 1 saturated heterocycles. The molecule has 1 amide bonds. The van der Waals surface area contributed by atoms with Gasteiger partial charge in [-0.25, -0.2) is 8.42 Å². The molecule has 8 heteroatoms. The molecular formula is C26H34N2O5S. The van der Waals surface area contributed by atoms with Crippen LogP contribution in [0.4, 0.5) is 0 Å². The van der Waals surface area contributed by atoms with Crippen LogP contribution in [0.15, 0.2) is 47.4 Å². The second-order valence-corrected chi connectivity index (χ2v) is 10.9. The van der Waals surface area contributed by atoms with E-state index in [0.717, 1.165) is 23.1 Å².